The van der Waals surface area contributed by atoms with E-state index in [1.54, 1.807) is 6.92 Å². The van der Waals surface area contributed by atoms with E-state index in [2.05, 4.69) is 20.8 Å². The van der Waals surface area contributed by atoms with E-state index >= 15 is 0 Å². The standard InChI is InChI=1S/C9H18O/c1-5-9(4,6-2)7-8(3)10/h5-7H2,1-4H3. The van der Waals surface area contributed by atoms with E-state index in [-0.39, 0.29) is 5.41 Å². The Hall–Kier alpha value is -0.330. The smallest absolute Gasteiger partial charge is 0.130 e. The van der Waals surface area contributed by atoms with Crippen LogP contribution in [0.4, 0.5) is 0 Å². The molecule has 0 rings (SSSR count). The monoisotopic (exact) mass is 142 g/mol. The fourth-order valence-corrected chi connectivity index (χ4v) is 1.10. The zero-order chi connectivity index (χ0) is 8.20. The van der Waals surface area contributed by atoms with Gasteiger partial charge in [0.05, 0.1) is 0 Å². The van der Waals surface area contributed by atoms with E-state index in [1.807, 2.05) is 0 Å². The highest BCUT2D eigenvalue weighted by atomic mass is 16.1. The summed E-state index contributed by atoms with van der Waals surface area (Å²) in [6.45, 7) is 8.14. The topological polar surface area (TPSA) is 17.1 Å². The van der Waals surface area contributed by atoms with Gasteiger partial charge in [-0.25, -0.2) is 0 Å². The number of rotatable bonds is 4. The average molecular weight is 142 g/mol. The molecule has 0 aliphatic rings. The first kappa shape index (κ1) is 9.67. The van der Waals surface area contributed by atoms with Gasteiger partial charge in [-0.2, -0.15) is 0 Å². The fourth-order valence-electron chi connectivity index (χ4n) is 1.10. The maximum absolute atomic E-state index is 10.8. The zero-order valence-corrected chi connectivity index (χ0v) is 7.53. The van der Waals surface area contributed by atoms with E-state index in [1.165, 1.54) is 0 Å². The fraction of sp³-hybridized carbons (Fsp3) is 0.889. The number of carbonyl (C=O) groups excluding carboxylic acids is 1. The molecular weight excluding hydrogens is 124 g/mol. The van der Waals surface area contributed by atoms with Crippen molar-refractivity contribution in [1.29, 1.82) is 0 Å². The first-order valence-corrected chi connectivity index (χ1v) is 4.03. The highest BCUT2D eigenvalue weighted by Gasteiger charge is 2.20. The van der Waals surface area contributed by atoms with Crippen LogP contribution in [-0.4, -0.2) is 5.78 Å². The molecule has 0 fully saturated rings. The minimum absolute atomic E-state index is 0.256. The van der Waals surface area contributed by atoms with Gasteiger partial charge in [-0.3, -0.25) is 0 Å². The molecule has 0 heterocycles. The second kappa shape index (κ2) is 3.75. The van der Waals surface area contributed by atoms with Gasteiger partial charge in [-0.1, -0.05) is 33.6 Å². The van der Waals surface area contributed by atoms with Crippen LogP contribution in [0.25, 0.3) is 0 Å². The van der Waals surface area contributed by atoms with Crippen LogP contribution in [0.3, 0.4) is 0 Å². The lowest BCUT2D eigenvalue weighted by molar-refractivity contribution is -0.119. The first-order valence-electron chi connectivity index (χ1n) is 4.03. The van der Waals surface area contributed by atoms with Crippen molar-refractivity contribution in [3.63, 3.8) is 0 Å². The van der Waals surface area contributed by atoms with Crippen molar-refractivity contribution in [2.75, 3.05) is 0 Å². The summed E-state index contributed by atoms with van der Waals surface area (Å²) in [6, 6.07) is 0. The summed E-state index contributed by atoms with van der Waals surface area (Å²) in [4.78, 5) is 10.8. The van der Waals surface area contributed by atoms with E-state index < -0.39 is 0 Å². The molecule has 0 unspecified atom stereocenters. The summed E-state index contributed by atoms with van der Waals surface area (Å²) in [5.41, 5.74) is 0.256. The molecule has 10 heavy (non-hydrogen) atoms. The van der Waals surface area contributed by atoms with Crippen molar-refractivity contribution in [3.05, 3.63) is 0 Å². The molecule has 0 aliphatic heterocycles. The van der Waals surface area contributed by atoms with E-state index in [0.29, 0.717) is 5.78 Å². The normalized spacial score (nSPS) is 11.6. The molecule has 0 amide bonds. The number of carbonyl (C=O) groups is 1. The van der Waals surface area contributed by atoms with Gasteiger partial charge in [0.25, 0.3) is 0 Å². The molecule has 0 radical (unpaired) electrons. The average Bonchev–Trinajstić information content (AvgIpc) is 1.87. The van der Waals surface area contributed by atoms with Gasteiger partial charge in [0.2, 0.25) is 0 Å². The van der Waals surface area contributed by atoms with Crippen LogP contribution < -0.4 is 0 Å². The maximum Gasteiger partial charge on any atom is 0.130 e. The van der Waals surface area contributed by atoms with Gasteiger partial charge in [-0.05, 0) is 12.3 Å². The van der Waals surface area contributed by atoms with E-state index in [9.17, 15) is 4.79 Å². The van der Waals surface area contributed by atoms with Gasteiger partial charge in [0, 0.05) is 6.42 Å². The van der Waals surface area contributed by atoms with Crippen LogP contribution in [0.5, 0.6) is 0 Å². The Labute approximate surface area is 63.8 Å². The summed E-state index contributed by atoms with van der Waals surface area (Å²) in [7, 11) is 0. The van der Waals surface area contributed by atoms with E-state index in [0.717, 1.165) is 19.3 Å². The summed E-state index contributed by atoms with van der Waals surface area (Å²) >= 11 is 0. The highest BCUT2D eigenvalue weighted by Crippen LogP contribution is 2.29. The summed E-state index contributed by atoms with van der Waals surface area (Å²) in [5.74, 6) is 0.311. The van der Waals surface area contributed by atoms with Crippen LogP contribution in [-0.2, 0) is 4.79 Å². The van der Waals surface area contributed by atoms with Crippen molar-refractivity contribution in [2.45, 2.75) is 47.0 Å². The van der Waals surface area contributed by atoms with Gasteiger partial charge < -0.3 is 4.79 Å². The molecule has 1 nitrogen and oxygen atoms in total. The van der Waals surface area contributed by atoms with Crippen LogP contribution in [0, 0.1) is 5.41 Å². The molecule has 0 aromatic carbocycles. The SMILES string of the molecule is CCC(C)(CC)CC(C)=O. The third kappa shape index (κ3) is 3.00. The van der Waals surface area contributed by atoms with Crippen LogP contribution in [0.1, 0.15) is 47.0 Å². The minimum atomic E-state index is 0.256. The van der Waals surface area contributed by atoms with Gasteiger partial charge in [-0.15, -0.1) is 0 Å². The summed E-state index contributed by atoms with van der Waals surface area (Å²) in [6.07, 6.45) is 2.94. The van der Waals surface area contributed by atoms with Crippen molar-refractivity contribution in [2.24, 2.45) is 5.41 Å². The van der Waals surface area contributed by atoms with Crippen LogP contribution in [0.2, 0.25) is 0 Å². The van der Waals surface area contributed by atoms with Crippen molar-refractivity contribution >= 4 is 5.78 Å². The molecule has 0 N–H and O–H groups in total. The molecule has 1 heteroatoms. The van der Waals surface area contributed by atoms with Gasteiger partial charge in [0.1, 0.15) is 5.78 Å². The number of hydrogen-bond donors (Lipinski definition) is 0. The maximum atomic E-state index is 10.8. The lowest BCUT2D eigenvalue weighted by Gasteiger charge is -2.24. The van der Waals surface area contributed by atoms with Gasteiger partial charge >= 0.3 is 0 Å². The second-order valence-electron chi connectivity index (χ2n) is 3.40. The van der Waals surface area contributed by atoms with E-state index in [4.69, 9.17) is 0 Å². The zero-order valence-electron chi connectivity index (χ0n) is 7.53. The number of hydrogen-bond acceptors (Lipinski definition) is 1. The minimum Gasteiger partial charge on any atom is -0.300 e. The van der Waals surface area contributed by atoms with Crippen molar-refractivity contribution < 1.29 is 4.79 Å². The molecular formula is C9H18O. The lowest BCUT2D eigenvalue weighted by atomic mass is 9.80. The molecule has 0 atom stereocenters. The van der Waals surface area contributed by atoms with Crippen molar-refractivity contribution in [3.8, 4) is 0 Å². The Morgan fingerprint density at radius 1 is 1.30 bits per heavy atom. The predicted molar refractivity (Wildman–Crippen MR) is 44.0 cm³/mol. The second-order valence-corrected chi connectivity index (χ2v) is 3.40. The molecule has 0 aromatic rings. The molecule has 0 saturated heterocycles. The first-order chi connectivity index (χ1) is 4.54. The Bertz CT molecular complexity index is 112. The Morgan fingerprint density at radius 3 is 1.80 bits per heavy atom. The lowest BCUT2D eigenvalue weighted by Crippen LogP contribution is -2.17. The third-order valence-electron chi connectivity index (χ3n) is 2.38. The van der Waals surface area contributed by atoms with Crippen LogP contribution in [0.15, 0.2) is 0 Å². The van der Waals surface area contributed by atoms with Crippen LogP contribution >= 0.6 is 0 Å². The number of ketones is 1. The quantitative estimate of drug-likeness (QED) is 0.590. The van der Waals surface area contributed by atoms with Crippen molar-refractivity contribution in [1.82, 2.24) is 0 Å². The molecule has 0 aliphatic carbocycles. The summed E-state index contributed by atoms with van der Waals surface area (Å²) < 4.78 is 0. The number of Topliss-reactive ketones (excluding diaryl/α,β-unsaturated/α-hetero) is 1. The predicted octanol–water partition coefficient (Wildman–Crippen LogP) is 2.79. The third-order valence-corrected chi connectivity index (χ3v) is 2.38. The largest absolute Gasteiger partial charge is 0.300 e. The molecule has 0 bridgehead atoms. The summed E-state index contributed by atoms with van der Waals surface area (Å²) in [5, 5.41) is 0. The Balaban J connectivity index is 3.92. The Kier molecular flexibility index (Phi) is 3.62. The Morgan fingerprint density at radius 2 is 1.70 bits per heavy atom. The highest BCUT2D eigenvalue weighted by molar-refractivity contribution is 5.76. The van der Waals surface area contributed by atoms with Gasteiger partial charge in [0.15, 0.2) is 0 Å². The molecule has 0 spiro atoms. The molecule has 60 valence electrons. The molecule has 0 aromatic heterocycles. The molecule has 0 saturated carbocycles.